The monoisotopic (exact) mass is 169 g/mol. The van der Waals surface area contributed by atoms with Gasteiger partial charge in [-0.25, -0.2) is 0 Å². The van der Waals surface area contributed by atoms with Crippen molar-refractivity contribution in [2.75, 3.05) is 20.3 Å². The van der Waals surface area contributed by atoms with E-state index in [0.29, 0.717) is 5.92 Å². The second kappa shape index (κ2) is 5.18. The smallest absolute Gasteiger partial charge is 0.0741 e. The highest BCUT2D eigenvalue weighted by Crippen LogP contribution is 2.01. The van der Waals surface area contributed by atoms with Gasteiger partial charge in [-0.2, -0.15) is 0 Å². The molecule has 0 aliphatic rings. The first kappa shape index (κ1) is 11.5. The summed E-state index contributed by atoms with van der Waals surface area (Å²) >= 11 is 0. The van der Waals surface area contributed by atoms with Crippen LogP contribution in [0, 0.1) is 18.3 Å². The van der Waals surface area contributed by atoms with Crippen molar-refractivity contribution >= 4 is 0 Å². The van der Waals surface area contributed by atoms with E-state index in [2.05, 4.69) is 18.2 Å². The van der Waals surface area contributed by atoms with Crippen LogP contribution in [-0.4, -0.2) is 25.8 Å². The number of rotatable bonds is 5. The molecule has 0 bridgehead atoms. The van der Waals surface area contributed by atoms with E-state index >= 15 is 0 Å². The first-order valence-electron chi connectivity index (χ1n) is 4.23. The third-order valence-corrected chi connectivity index (χ3v) is 1.70. The molecule has 1 unspecified atom stereocenters. The summed E-state index contributed by atoms with van der Waals surface area (Å²) in [7, 11) is 1.71. The van der Waals surface area contributed by atoms with Gasteiger partial charge in [-0.15, -0.1) is 6.42 Å². The molecule has 70 valence electrons. The number of ether oxygens (including phenoxy) is 1. The van der Waals surface area contributed by atoms with Gasteiger partial charge in [0.25, 0.3) is 0 Å². The van der Waals surface area contributed by atoms with Gasteiger partial charge < -0.3 is 10.1 Å². The van der Waals surface area contributed by atoms with Gasteiger partial charge >= 0.3 is 0 Å². The number of methoxy groups -OCH3 is 1. The minimum absolute atomic E-state index is 0.206. The van der Waals surface area contributed by atoms with E-state index in [-0.39, 0.29) is 5.54 Å². The Kier molecular flexibility index (Phi) is 4.96. The molecule has 0 saturated heterocycles. The van der Waals surface area contributed by atoms with Crippen molar-refractivity contribution in [3.63, 3.8) is 0 Å². The minimum atomic E-state index is -0.206. The van der Waals surface area contributed by atoms with Crippen molar-refractivity contribution in [3.8, 4) is 12.3 Å². The fourth-order valence-electron chi connectivity index (χ4n) is 0.824. The van der Waals surface area contributed by atoms with Crippen LogP contribution in [0.4, 0.5) is 0 Å². The third-order valence-electron chi connectivity index (χ3n) is 1.70. The Labute approximate surface area is 75.7 Å². The number of terminal acetylenes is 1. The highest BCUT2D eigenvalue weighted by Gasteiger charge is 2.13. The standard InChI is InChI=1S/C10H19NO/c1-6-10(3,4)11-7-9(2)8-12-5/h1,9,11H,7-8H2,2-5H3. The summed E-state index contributed by atoms with van der Waals surface area (Å²) in [6.07, 6.45) is 5.32. The van der Waals surface area contributed by atoms with Crippen LogP contribution in [0.3, 0.4) is 0 Å². The topological polar surface area (TPSA) is 21.3 Å². The molecule has 0 aromatic carbocycles. The number of hydrogen-bond acceptors (Lipinski definition) is 2. The zero-order valence-electron chi connectivity index (χ0n) is 8.48. The van der Waals surface area contributed by atoms with Crippen LogP contribution in [0.1, 0.15) is 20.8 Å². The lowest BCUT2D eigenvalue weighted by Gasteiger charge is -2.22. The maximum atomic E-state index is 5.32. The van der Waals surface area contributed by atoms with E-state index in [1.165, 1.54) is 0 Å². The molecule has 0 aromatic heterocycles. The van der Waals surface area contributed by atoms with Crippen LogP contribution in [0.5, 0.6) is 0 Å². The average molecular weight is 169 g/mol. The first-order chi connectivity index (χ1) is 5.52. The molecule has 12 heavy (non-hydrogen) atoms. The van der Waals surface area contributed by atoms with E-state index in [1.807, 2.05) is 13.8 Å². The maximum absolute atomic E-state index is 5.32. The molecule has 2 heteroatoms. The van der Waals surface area contributed by atoms with Crippen molar-refractivity contribution in [2.45, 2.75) is 26.3 Å². The lowest BCUT2D eigenvalue weighted by atomic mass is 10.1. The molecule has 0 rings (SSSR count). The molecule has 0 aliphatic heterocycles. The molecule has 0 fully saturated rings. The van der Waals surface area contributed by atoms with Crippen LogP contribution in [0.2, 0.25) is 0 Å². The van der Waals surface area contributed by atoms with E-state index in [9.17, 15) is 0 Å². The SMILES string of the molecule is C#CC(C)(C)NCC(C)COC. The Morgan fingerprint density at radius 1 is 1.58 bits per heavy atom. The van der Waals surface area contributed by atoms with Gasteiger partial charge in [0.15, 0.2) is 0 Å². The molecular weight excluding hydrogens is 150 g/mol. The zero-order chi connectivity index (χ0) is 9.61. The van der Waals surface area contributed by atoms with E-state index in [4.69, 9.17) is 11.2 Å². The lowest BCUT2D eigenvalue weighted by Crippen LogP contribution is -2.40. The predicted octanol–water partition coefficient (Wildman–Crippen LogP) is 1.27. The van der Waals surface area contributed by atoms with Gasteiger partial charge in [-0.3, -0.25) is 0 Å². The van der Waals surface area contributed by atoms with Gasteiger partial charge in [0.05, 0.1) is 5.54 Å². The number of nitrogens with one attached hydrogen (secondary N) is 1. The van der Waals surface area contributed by atoms with Gasteiger partial charge in [-0.05, 0) is 19.8 Å². The van der Waals surface area contributed by atoms with Crippen molar-refractivity contribution in [1.29, 1.82) is 0 Å². The van der Waals surface area contributed by atoms with E-state index in [1.54, 1.807) is 7.11 Å². The van der Waals surface area contributed by atoms with Gasteiger partial charge in [0.1, 0.15) is 0 Å². The summed E-state index contributed by atoms with van der Waals surface area (Å²) < 4.78 is 5.01. The van der Waals surface area contributed by atoms with Gasteiger partial charge in [0.2, 0.25) is 0 Å². The fourth-order valence-corrected chi connectivity index (χ4v) is 0.824. The van der Waals surface area contributed by atoms with Crippen molar-refractivity contribution in [3.05, 3.63) is 0 Å². The minimum Gasteiger partial charge on any atom is -0.384 e. The Morgan fingerprint density at radius 3 is 2.58 bits per heavy atom. The summed E-state index contributed by atoms with van der Waals surface area (Å²) in [5.74, 6) is 3.19. The summed E-state index contributed by atoms with van der Waals surface area (Å²) in [5.41, 5.74) is -0.206. The predicted molar refractivity (Wildman–Crippen MR) is 52.0 cm³/mol. The quantitative estimate of drug-likeness (QED) is 0.626. The largest absolute Gasteiger partial charge is 0.384 e. The van der Waals surface area contributed by atoms with Crippen LogP contribution in [0.25, 0.3) is 0 Å². The molecule has 1 atom stereocenters. The summed E-state index contributed by atoms with van der Waals surface area (Å²) in [4.78, 5) is 0. The molecule has 0 saturated carbocycles. The summed E-state index contributed by atoms with van der Waals surface area (Å²) in [6.45, 7) is 7.78. The van der Waals surface area contributed by atoms with Crippen LogP contribution >= 0.6 is 0 Å². The highest BCUT2D eigenvalue weighted by atomic mass is 16.5. The molecule has 0 amide bonds. The second-order valence-corrected chi connectivity index (χ2v) is 3.71. The Hall–Kier alpha value is -0.520. The van der Waals surface area contributed by atoms with Gasteiger partial charge in [0, 0.05) is 20.3 Å². The zero-order valence-corrected chi connectivity index (χ0v) is 8.48. The molecule has 0 radical (unpaired) electrons. The molecule has 0 heterocycles. The Balaban J connectivity index is 3.62. The normalized spacial score (nSPS) is 13.9. The number of hydrogen-bond donors (Lipinski definition) is 1. The van der Waals surface area contributed by atoms with Crippen molar-refractivity contribution in [1.82, 2.24) is 5.32 Å². The maximum Gasteiger partial charge on any atom is 0.0741 e. The summed E-state index contributed by atoms with van der Waals surface area (Å²) in [5, 5.41) is 3.28. The Morgan fingerprint density at radius 2 is 2.17 bits per heavy atom. The Bertz CT molecular complexity index is 158. The van der Waals surface area contributed by atoms with E-state index < -0.39 is 0 Å². The summed E-state index contributed by atoms with van der Waals surface area (Å²) in [6, 6.07) is 0. The first-order valence-corrected chi connectivity index (χ1v) is 4.23. The van der Waals surface area contributed by atoms with Crippen molar-refractivity contribution in [2.24, 2.45) is 5.92 Å². The lowest BCUT2D eigenvalue weighted by molar-refractivity contribution is 0.156. The molecule has 0 aromatic rings. The van der Waals surface area contributed by atoms with Gasteiger partial charge in [-0.1, -0.05) is 12.8 Å². The molecule has 1 N–H and O–H groups in total. The molecule has 0 spiro atoms. The third kappa shape index (κ3) is 5.17. The second-order valence-electron chi connectivity index (χ2n) is 3.71. The van der Waals surface area contributed by atoms with Crippen LogP contribution < -0.4 is 5.32 Å². The molecule has 0 aliphatic carbocycles. The van der Waals surface area contributed by atoms with Crippen LogP contribution in [0.15, 0.2) is 0 Å². The molecule has 2 nitrogen and oxygen atoms in total. The fraction of sp³-hybridized carbons (Fsp3) is 0.800. The average Bonchev–Trinajstić information content (AvgIpc) is 2.02. The van der Waals surface area contributed by atoms with Crippen molar-refractivity contribution < 1.29 is 4.74 Å². The highest BCUT2D eigenvalue weighted by molar-refractivity contribution is 5.07. The van der Waals surface area contributed by atoms with Crippen LogP contribution in [-0.2, 0) is 4.74 Å². The van der Waals surface area contributed by atoms with E-state index in [0.717, 1.165) is 13.2 Å². The molecular formula is C10H19NO.